The second-order valence-corrected chi connectivity index (χ2v) is 12.5. The number of hydrogen-bond acceptors (Lipinski definition) is 12. The van der Waals surface area contributed by atoms with Crippen LogP contribution in [0.25, 0.3) is 43.1 Å². The van der Waals surface area contributed by atoms with Gasteiger partial charge in [-0.2, -0.15) is 0 Å². The highest BCUT2D eigenvalue weighted by molar-refractivity contribution is 7.19. The molecule has 0 saturated heterocycles. The van der Waals surface area contributed by atoms with E-state index < -0.39 is 11.3 Å². The summed E-state index contributed by atoms with van der Waals surface area (Å²) in [5.41, 5.74) is 0.582. The lowest BCUT2D eigenvalue weighted by atomic mass is 10.1. The van der Waals surface area contributed by atoms with E-state index in [1.165, 1.54) is 0 Å². The zero-order chi connectivity index (χ0) is 31.9. The normalized spacial score (nSPS) is 11.2. The average Bonchev–Trinajstić information content (AvgIpc) is 3.71. The molecule has 2 amide bonds. The summed E-state index contributed by atoms with van der Waals surface area (Å²) in [6, 6.07) is 17.9. The number of aromatic nitrogens is 4. The number of amides is 2. The third kappa shape index (κ3) is 7.58. The predicted molar refractivity (Wildman–Crippen MR) is 177 cm³/mol. The van der Waals surface area contributed by atoms with Crippen LogP contribution in [-0.2, 0) is 9.59 Å². The van der Waals surface area contributed by atoms with Crippen molar-refractivity contribution in [3.63, 3.8) is 0 Å². The zero-order valence-electron chi connectivity index (χ0n) is 24.5. The molecule has 234 valence electrons. The number of fused-ring (bicyclic) bond motifs is 2. The van der Waals surface area contributed by atoms with Crippen LogP contribution in [0.2, 0.25) is 0 Å². The van der Waals surface area contributed by atoms with Gasteiger partial charge in [0.25, 0.3) is 0 Å². The number of benzene rings is 2. The van der Waals surface area contributed by atoms with E-state index in [1.807, 2.05) is 24.3 Å². The maximum Gasteiger partial charge on any atom is 0.346 e. The van der Waals surface area contributed by atoms with E-state index in [4.69, 9.17) is 8.83 Å². The molecular formula is C32H28N6O6S2. The topological polar surface area (TPSA) is 170 Å². The molecule has 14 heteroatoms. The fourth-order valence-corrected chi connectivity index (χ4v) is 6.36. The molecule has 2 N–H and O–H groups in total. The van der Waals surface area contributed by atoms with Gasteiger partial charge in [-0.1, -0.05) is 84.8 Å². The lowest BCUT2D eigenvalue weighted by Gasteiger charge is -2.03. The first-order chi connectivity index (χ1) is 22.4. The number of para-hydroxylation sites is 2. The van der Waals surface area contributed by atoms with Crippen LogP contribution in [0.15, 0.2) is 79.1 Å². The number of anilines is 2. The molecule has 6 aromatic rings. The van der Waals surface area contributed by atoms with Crippen molar-refractivity contribution in [2.75, 3.05) is 10.6 Å². The number of carbonyl (C=O) groups is 2. The molecular weight excluding hydrogens is 629 g/mol. The third-order valence-electron chi connectivity index (χ3n) is 7.14. The Morgan fingerprint density at radius 1 is 0.587 bits per heavy atom. The number of nitrogens with zero attached hydrogens (tertiary/aromatic N) is 4. The first-order valence-electron chi connectivity index (χ1n) is 14.8. The van der Waals surface area contributed by atoms with Crippen LogP contribution in [0.4, 0.5) is 10.3 Å². The Kier molecular flexibility index (Phi) is 9.65. The third-order valence-corrected chi connectivity index (χ3v) is 8.89. The van der Waals surface area contributed by atoms with Gasteiger partial charge in [0, 0.05) is 23.6 Å². The summed E-state index contributed by atoms with van der Waals surface area (Å²) in [5.74, 6) is -0.322. The number of carbonyl (C=O) groups excluding carboxylic acids is 2. The molecule has 6 rings (SSSR count). The Morgan fingerprint density at radius 2 is 1.00 bits per heavy atom. The van der Waals surface area contributed by atoms with Gasteiger partial charge >= 0.3 is 11.3 Å². The second kappa shape index (κ2) is 14.3. The highest BCUT2D eigenvalue weighted by Crippen LogP contribution is 2.28. The first kappa shape index (κ1) is 30.9. The van der Waals surface area contributed by atoms with Crippen molar-refractivity contribution in [2.45, 2.75) is 51.4 Å². The standard InChI is InChI=1S/C32H28N6O6S2/c39-25(33-31-37-35-27(45-31)21-17-19-11-7-9-13-23(19)43-29(21)41)15-5-3-1-2-4-6-16-26(40)34-32-38-36-28(46-32)22-18-20-12-8-10-14-24(20)44-30(22)42/h7-14,17-18H,1-6,15-16H2,(H,33,37,39)(H,34,38,40). The summed E-state index contributed by atoms with van der Waals surface area (Å²) in [7, 11) is 0. The van der Waals surface area contributed by atoms with E-state index in [2.05, 4.69) is 31.0 Å². The van der Waals surface area contributed by atoms with E-state index in [0.717, 1.165) is 72.0 Å². The van der Waals surface area contributed by atoms with Crippen molar-refractivity contribution < 1.29 is 18.4 Å². The SMILES string of the molecule is O=C(CCCCCCCCC(=O)Nc1nnc(-c2cc3ccccc3oc2=O)s1)Nc1nnc(-c2cc3ccccc3oc2=O)s1. The molecule has 0 fully saturated rings. The monoisotopic (exact) mass is 656 g/mol. The van der Waals surface area contributed by atoms with Gasteiger partial charge in [0.2, 0.25) is 22.1 Å². The molecule has 0 atom stereocenters. The molecule has 0 unspecified atom stereocenters. The van der Waals surface area contributed by atoms with Gasteiger partial charge < -0.3 is 19.5 Å². The van der Waals surface area contributed by atoms with Gasteiger partial charge in [-0.15, -0.1) is 20.4 Å². The van der Waals surface area contributed by atoms with Gasteiger partial charge in [0.15, 0.2) is 10.0 Å². The molecule has 12 nitrogen and oxygen atoms in total. The van der Waals surface area contributed by atoms with E-state index in [0.29, 0.717) is 55.4 Å². The lowest BCUT2D eigenvalue weighted by Crippen LogP contribution is -2.11. The molecule has 2 aromatic carbocycles. The van der Waals surface area contributed by atoms with E-state index in [-0.39, 0.29) is 11.8 Å². The summed E-state index contributed by atoms with van der Waals surface area (Å²) in [4.78, 5) is 49.5. The Balaban J connectivity index is 0.861. The zero-order valence-corrected chi connectivity index (χ0v) is 26.1. The average molecular weight is 657 g/mol. The minimum absolute atomic E-state index is 0.161. The van der Waals surface area contributed by atoms with Crippen LogP contribution in [0.1, 0.15) is 51.4 Å². The number of nitrogens with one attached hydrogen (secondary N) is 2. The second-order valence-electron chi connectivity index (χ2n) is 10.5. The quantitative estimate of drug-likeness (QED) is 0.102. The van der Waals surface area contributed by atoms with Crippen molar-refractivity contribution in [2.24, 2.45) is 0 Å². The molecule has 0 saturated carbocycles. The minimum atomic E-state index is -0.506. The van der Waals surface area contributed by atoms with Crippen LogP contribution in [-0.4, -0.2) is 32.2 Å². The Morgan fingerprint density at radius 3 is 1.46 bits per heavy atom. The molecule has 0 spiro atoms. The van der Waals surface area contributed by atoms with Gasteiger partial charge in [0.1, 0.15) is 11.2 Å². The van der Waals surface area contributed by atoms with Gasteiger partial charge in [-0.05, 0) is 37.1 Å². The molecule has 46 heavy (non-hydrogen) atoms. The molecule has 0 aliphatic rings. The highest BCUT2D eigenvalue weighted by Gasteiger charge is 2.16. The van der Waals surface area contributed by atoms with Crippen molar-refractivity contribution in [3.05, 3.63) is 81.5 Å². The molecule has 0 aliphatic carbocycles. The fraction of sp³-hybridized carbons (Fsp3) is 0.250. The van der Waals surface area contributed by atoms with Crippen molar-refractivity contribution in [3.8, 4) is 21.1 Å². The van der Waals surface area contributed by atoms with Crippen LogP contribution < -0.4 is 21.9 Å². The summed E-state index contributed by atoms with van der Waals surface area (Å²) in [6.45, 7) is 0. The van der Waals surface area contributed by atoms with E-state index >= 15 is 0 Å². The molecule has 4 heterocycles. The first-order valence-corrected chi connectivity index (χ1v) is 16.4. The van der Waals surface area contributed by atoms with Gasteiger partial charge in [0.05, 0.1) is 11.1 Å². The smallest absolute Gasteiger partial charge is 0.346 e. The number of rotatable bonds is 13. The summed E-state index contributed by atoms with van der Waals surface area (Å²) in [6.07, 6.45) is 5.81. The molecule has 0 aliphatic heterocycles. The maximum absolute atomic E-state index is 12.4. The minimum Gasteiger partial charge on any atom is -0.422 e. The van der Waals surface area contributed by atoms with Crippen LogP contribution in [0.3, 0.4) is 0 Å². The van der Waals surface area contributed by atoms with Crippen LogP contribution in [0.5, 0.6) is 0 Å². The van der Waals surface area contributed by atoms with Gasteiger partial charge in [-0.25, -0.2) is 9.59 Å². The largest absolute Gasteiger partial charge is 0.422 e. The number of unbranched alkanes of at least 4 members (excludes halogenated alkanes) is 5. The van der Waals surface area contributed by atoms with Gasteiger partial charge in [-0.3, -0.25) is 9.59 Å². The van der Waals surface area contributed by atoms with Crippen molar-refractivity contribution >= 4 is 66.7 Å². The Hall–Kier alpha value is -5.08. The Labute approximate surface area is 269 Å². The Bertz CT molecular complexity index is 1980. The number of hydrogen-bond donors (Lipinski definition) is 2. The maximum atomic E-state index is 12.4. The van der Waals surface area contributed by atoms with E-state index in [1.54, 1.807) is 36.4 Å². The highest BCUT2D eigenvalue weighted by atomic mass is 32.1. The lowest BCUT2D eigenvalue weighted by molar-refractivity contribution is -0.117. The van der Waals surface area contributed by atoms with Crippen LogP contribution in [0, 0.1) is 0 Å². The van der Waals surface area contributed by atoms with Crippen LogP contribution >= 0.6 is 22.7 Å². The summed E-state index contributed by atoms with van der Waals surface area (Å²) >= 11 is 2.25. The molecule has 0 bridgehead atoms. The van der Waals surface area contributed by atoms with Crippen molar-refractivity contribution in [1.82, 2.24) is 20.4 Å². The molecule has 0 radical (unpaired) electrons. The molecule has 4 aromatic heterocycles. The fourth-order valence-electron chi connectivity index (χ4n) is 4.83. The predicted octanol–water partition coefficient (Wildman–Crippen LogP) is 6.63. The van der Waals surface area contributed by atoms with E-state index in [9.17, 15) is 19.2 Å². The summed E-state index contributed by atoms with van der Waals surface area (Å²) in [5, 5.41) is 24.6. The van der Waals surface area contributed by atoms with Crippen molar-refractivity contribution in [1.29, 1.82) is 0 Å². The summed E-state index contributed by atoms with van der Waals surface area (Å²) < 4.78 is 10.7.